The van der Waals surface area contributed by atoms with E-state index in [-0.39, 0.29) is 11.4 Å². The summed E-state index contributed by atoms with van der Waals surface area (Å²) in [6, 6.07) is 0. The summed E-state index contributed by atoms with van der Waals surface area (Å²) in [4.78, 5) is 8.72. The Kier molecular flexibility index (Phi) is 6.69. The summed E-state index contributed by atoms with van der Waals surface area (Å²) in [5.41, 5.74) is 0.868. The second-order valence-corrected chi connectivity index (χ2v) is 5.80. The van der Waals surface area contributed by atoms with Gasteiger partial charge in [-0.2, -0.15) is 0 Å². The highest BCUT2D eigenvalue weighted by atomic mass is 79.9. The number of aryl methyl sites for hydroxylation is 1. The molecule has 7 heteroatoms. The molecule has 0 unspecified atom stereocenters. The molecule has 1 aromatic heterocycles. The van der Waals surface area contributed by atoms with Crippen molar-refractivity contribution < 1.29 is 5.11 Å². The molecular weight excluding hydrogens is 373 g/mol. The lowest BCUT2D eigenvalue weighted by Crippen LogP contribution is -2.14. The Balaban J connectivity index is 2.97. The first-order valence-electron chi connectivity index (χ1n) is 5.16. The zero-order valence-corrected chi connectivity index (χ0v) is 13.3. The number of rotatable bonds is 6. The third-order valence-electron chi connectivity index (χ3n) is 2.07. The molecule has 0 aliphatic rings. The fourth-order valence-corrected chi connectivity index (χ4v) is 2.18. The van der Waals surface area contributed by atoms with Crippen LogP contribution in [0.3, 0.4) is 0 Å². The molecule has 0 radical (unpaired) electrons. The highest BCUT2D eigenvalue weighted by Gasteiger charge is 2.15. The smallest absolute Gasteiger partial charge is 0.138 e. The Morgan fingerprint density at radius 3 is 2.76 bits per heavy atom. The van der Waals surface area contributed by atoms with Gasteiger partial charge in [0.25, 0.3) is 0 Å². The van der Waals surface area contributed by atoms with E-state index in [0.29, 0.717) is 23.3 Å². The molecule has 0 bridgehead atoms. The van der Waals surface area contributed by atoms with Crippen LogP contribution in [-0.4, -0.2) is 38.4 Å². The van der Waals surface area contributed by atoms with E-state index in [2.05, 4.69) is 47.1 Å². The third-order valence-corrected chi connectivity index (χ3v) is 4.68. The lowest BCUT2D eigenvalue weighted by molar-refractivity contribution is 0.311. The molecule has 0 aromatic carbocycles. The van der Waals surface area contributed by atoms with Gasteiger partial charge in [0.05, 0.1) is 6.61 Å². The second kappa shape index (κ2) is 7.51. The first-order chi connectivity index (χ1) is 8.08. The van der Waals surface area contributed by atoms with Gasteiger partial charge in [0.15, 0.2) is 0 Å². The number of nitrogens with zero attached hydrogens (tertiary/aromatic N) is 2. The monoisotopic (exact) mass is 385 g/mol. The SMILES string of the molecule is Cc1nc(Cl)c(C[C@H](Br)CBr)c(NCCO)n1. The van der Waals surface area contributed by atoms with Crippen LogP contribution in [0.2, 0.25) is 5.15 Å². The van der Waals surface area contributed by atoms with Crippen molar-refractivity contribution in [2.24, 2.45) is 0 Å². The van der Waals surface area contributed by atoms with E-state index in [0.717, 1.165) is 17.3 Å². The van der Waals surface area contributed by atoms with E-state index in [9.17, 15) is 0 Å². The molecule has 1 heterocycles. The average molecular weight is 388 g/mol. The fraction of sp³-hybridized carbons (Fsp3) is 0.600. The van der Waals surface area contributed by atoms with Crippen LogP contribution in [0.4, 0.5) is 5.82 Å². The average Bonchev–Trinajstić information content (AvgIpc) is 2.29. The molecule has 96 valence electrons. The number of halogens is 3. The maximum Gasteiger partial charge on any atom is 0.138 e. The molecular formula is C10H14Br2ClN3O. The van der Waals surface area contributed by atoms with Crippen LogP contribution in [0.25, 0.3) is 0 Å². The molecule has 0 saturated heterocycles. The lowest BCUT2D eigenvalue weighted by Gasteiger charge is -2.14. The summed E-state index contributed by atoms with van der Waals surface area (Å²) in [7, 11) is 0. The van der Waals surface area contributed by atoms with Crippen molar-refractivity contribution in [2.75, 3.05) is 23.8 Å². The van der Waals surface area contributed by atoms with Gasteiger partial charge in [-0.1, -0.05) is 43.5 Å². The van der Waals surface area contributed by atoms with Gasteiger partial charge in [0.2, 0.25) is 0 Å². The highest BCUT2D eigenvalue weighted by Crippen LogP contribution is 2.25. The van der Waals surface area contributed by atoms with Crippen molar-refractivity contribution in [2.45, 2.75) is 18.2 Å². The number of alkyl halides is 2. The lowest BCUT2D eigenvalue weighted by atomic mass is 10.2. The normalized spacial score (nSPS) is 12.5. The van der Waals surface area contributed by atoms with E-state index in [1.165, 1.54) is 0 Å². The second-order valence-electron chi connectivity index (χ2n) is 3.49. The summed E-state index contributed by atoms with van der Waals surface area (Å²) >= 11 is 13.1. The van der Waals surface area contributed by atoms with Crippen LogP contribution >= 0.6 is 43.5 Å². The molecule has 1 rings (SSSR count). The predicted molar refractivity (Wildman–Crippen MR) is 77.6 cm³/mol. The number of hydrogen-bond acceptors (Lipinski definition) is 4. The van der Waals surface area contributed by atoms with E-state index >= 15 is 0 Å². The van der Waals surface area contributed by atoms with Crippen LogP contribution in [0.1, 0.15) is 11.4 Å². The molecule has 1 atom stereocenters. The minimum absolute atomic E-state index is 0.0519. The van der Waals surface area contributed by atoms with E-state index < -0.39 is 0 Å². The number of aromatic nitrogens is 2. The van der Waals surface area contributed by atoms with E-state index in [1.54, 1.807) is 6.92 Å². The number of aliphatic hydroxyl groups excluding tert-OH is 1. The van der Waals surface area contributed by atoms with Crippen LogP contribution in [0.15, 0.2) is 0 Å². The van der Waals surface area contributed by atoms with Crippen molar-refractivity contribution in [1.82, 2.24) is 9.97 Å². The maximum absolute atomic E-state index is 8.83. The highest BCUT2D eigenvalue weighted by molar-refractivity contribution is 9.12. The zero-order valence-electron chi connectivity index (χ0n) is 9.38. The first-order valence-corrected chi connectivity index (χ1v) is 7.57. The van der Waals surface area contributed by atoms with Crippen molar-refractivity contribution in [3.63, 3.8) is 0 Å². The van der Waals surface area contributed by atoms with E-state index in [4.69, 9.17) is 16.7 Å². The molecule has 0 aliphatic carbocycles. The summed E-state index contributed by atoms with van der Waals surface area (Å²) in [6.45, 7) is 2.28. The van der Waals surface area contributed by atoms with Gasteiger partial charge in [-0.3, -0.25) is 0 Å². The Morgan fingerprint density at radius 1 is 1.47 bits per heavy atom. The summed E-state index contributed by atoms with van der Waals surface area (Å²) < 4.78 is 0. The third kappa shape index (κ3) is 4.69. The first kappa shape index (κ1) is 15.1. The van der Waals surface area contributed by atoms with Crippen molar-refractivity contribution in [3.05, 3.63) is 16.5 Å². The molecule has 0 saturated carbocycles. The Morgan fingerprint density at radius 2 is 2.18 bits per heavy atom. The van der Waals surface area contributed by atoms with Crippen molar-refractivity contribution in [1.29, 1.82) is 0 Å². The van der Waals surface area contributed by atoms with Gasteiger partial charge in [-0.15, -0.1) is 0 Å². The Bertz CT molecular complexity index is 379. The minimum atomic E-state index is 0.0519. The standard InChI is InChI=1S/C10H14Br2ClN3O/c1-6-15-9(13)8(4-7(12)5-11)10(16-6)14-2-3-17/h7,17H,2-5H2,1H3,(H,14,15,16)/t7-/m0/s1. The molecule has 0 aliphatic heterocycles. The number of nitrogens with one attached hydrogen (secondary N) is 1. The molecule has 1 aromatic rings. The molecule has 0 amide bonds. The quantitative estimate of drug-likeness (QED) is 0.582. The Hall–Kier alpha value is 0.0900. The molecule has 17 heavy (non-hydrogen) atoms. The van der Waals surface area contributed by atoms with Crippen LogP contribution in [0.5, 0.6) is 0 Å². The molecule has 4 nitrogen and oxygen atoms in total. The minimum Gasteiger partial charge on any atom is -0.395 e. The summed E-state index contributed by atoms with van der Waals surface area (Å²) in [5.74, 6) is 1.31. The van der Waals surface area contributed by atoms with Gasteiger partial charge < -0.3 is 10.4 Å². The predicted octanol–water partition coefficient (Wildman–Crippen LogP) is 2.54. The van der Waals surface area contributed by atoms with E-state index in [1.807, 2.05) is 0 Å². The van der Waals surface area contributed by atoms with Crippen LogP contribution in [0, 0.1) is 6.92 Å². The Labute approximate surface area is 122 Å². The van der Waals surface area contributed by atoms with Crippen LogP contribution < -0.4 is 5.32 Å². The molecule has 2 N–H and O–H groups in total. The zero-order chi connectivity index (χ0) is 12.8. The fourth-order valence-electron chi connectivity index (χ4n) is 1.34. The number of aliphatic hydroxyl groups is 1. The largest absolute Gasteiger partial charge is 0.395 e. The van der Waals surface area contributed by atoms with Gasteiger partial charge in [-0.25, -0.2) is 9.97 Å². The maximum atomic E-state index is 8.83. The molecule has 0 fully saturated rings. The topological polar surface area (TPSA) is 58.0 Å². The number of anilines is 1. The summed E-state index contributed by atoms with van der Waals surface area (Å²) in [6.07, 6.45) is 0.720. The summed E-state index contributed by atoms with van der Waals surface area (Å²) in [5, 5.41) is 13.2. The molecule has 0 spiro atoms. The van der Waals surface area contributed by atoms with Crippen molar-refractivity contribution >= 4 is 49.3 Å². The van der Waals surface area contributed by atoms with Crippen LogP contribution in [-0.2, 0) is 6.42 Å². The van der Waals surface area contributed by atoms with Gasteiger partial charge >= 0.3 is 0 Å². The van der Waals surface area contributed by atoms with Gasteiger partial charge in [0, 0.05) is 22.3 Å². The van der Waals surface area contributed by atoms with Gasteiger partial charge in [-0.05, 0) is 13.3 Å². The number of hydrogen-bond donors (Lipinski definition) is 2. The van der Waals surface area contributed by atoms with Crippen molar-refractivity contribution in [3.8, 4) is 0 Å². The van der Waals surface area contributed by atoms with Gasteiger partial charge in [0.1, 0.15) is 16.8 Å².